The van der Waals surface area contributed by atoms with Crippen molar-refractivity contribution in [3.63, 3.8) is 0 Å². The lowest BCUT2D eigenvalue weighted by Gasteiger charge is -2.14. The molecule has 0 aliphatic heterocycles. The highest BCUT2D eigenvalue weighted by Gasteiger charge is 2.09. The van der Waals surface area contributed by atoms with Gasteiger partial charge in [-0.1, -0.05) is 10.3 Å². The zero-order valence-corrected chi connectivity index (χ0v) is 8.37. The van der Waals surface area contributed by atoms with Gasteiger partial charge in [-0.3, -0.25) is 0 Å². The third-order valence-corrected chi connectivity index (χ3v) is 1.31. The van der Waals surface area contributed by atoms with Gasteiger partial charge >= 0.3 is 0 Å². The van der Waals surface area contributed by atoms with Crippen molar-refractivity contribution >= 4 is 6.21 Å². The van der Waals surface area contributed by atoms with Crippen molar-refractivity contribution in [1.29, 1.82) is 0 Å². The number of hydrogen-bond acceptors (Lipinski definition) is 4. The van der Waals surface area contributed by atoms with Crippen molar-refractivity contribution in [3.05, 3.63) is 17.5 Å². The van der Waals surface area contributed by atoms with Crippen LogP contribution in [-0.2, 0) is 4.84 Å². The number of oxime groups is 1. The average molecular weight is 182 g/mol. The van der Waals surface area contributed by atoms with E-state index in [1.807, 2.05) is 27.7 Å². The molecule has 1 aromatic rings. The van der Waals surface area contributed by atoms with Crippen molar-refractivity contribution in [3.8, 4) is 0 Å². The minimum Gasteiger partial charge on any atom is -0.390 e. The smallest absolute Gasteiger partial charge is 0.132 e. The Labute approximate surface area is 77.5 Å². The lowest BCUT2D eigenvalue weighted by Crippen LogP contribution is -2.15. The fraction of sp³-hybridized carbons (Fsp3) is 0.556. The van der Waals surface area contributed by atoms with E-state index >= 15 is 0 Å². The molecular formula is C9H14N2O2. The van der Waals surface area contributed by atoms with E-state index in [2.05, 4.69) is 10.3 Å². The standard InChI is InChI=1S/C9H14N2O2/c1-7-8(6-12-11-7)5-10-13-9(2,3)4/h5-6H,1-4H3/b10-5+. The van der Waals surface area contributed by atoms with E-state index in [-0.39, 0.29) is 5.60 Å². The molecule has 0 amide bonds. The summed E-state index contributed by atoms with van der Waals surface area (Å²) in [6.07, 6.45) is 3.13. The Hall–Kier alpha value is -1.32. The molecule has 0 fully saturated rings. The molecule has 1 aromatic heterocycles. The number of aromatic nitrogens is 1. The third-order valence-electron chi connectivity index (χ3n) is 1.31. The van der Waals surface area contributed by atoms with E-state index in [9.17, 15) is 0 Å². The number of hydrogen-bond donors (Lipinski definition) is 0. The minimum atomic E-state index is -0.262. The van der Waals surface area contributed by atoms with Crippen molar-refractivity contribution in [2.45, 2.75) is 33.3 Å². The number of rotatable bonds is 2. The molecule has 0 N–H and O–H groups in total. The first kappa shape index (κ1) is 9.77. The molecule has 0 aliphatic rings. The molecule has 0 saturated carbocycles. The number of nitrogens with zero attached hydrogens (tertiary/aromatic N) is 2. The van der Waals surface area contributed by atoms with Crippen LogP contribution in [0.15, 0.2) is 15.9 Å². The lowest BCUT2D eigenvalue weighted by molar-refractivity contribution is 0.00198. The summed E-state index contributed by atoms with van der Waals surface area (Å²) in [6.45, 7) is 7.66. The van der Waals surface area contributed by atoms with Gasteiger partial charge in [-0.2, -0.15) is 0 Å². The van der Waals surface area contributed by atoms with Crippen LogP contribution in [0.3, 0.4) is 0 Å². The Balaban J connectivity index is 2.55. The van der Waals surface area contributed by atoms with Crippen LogP contribution in [-0.4, -0.2) is 17.0 Å². The molecule has 0 saturated heterocycles. The maximum atomic E-state index is 5.16. The quantitative estimate of drug-likeness (QED) is 0.520. The van der Waals surface area contributed by atoms with Crippen LogP contribution in [0.4, 0.5) is 0 Å². The van der Waals surface area contributed by atoms with Gasteiger partial charge in [0.2, 0.25) is 0 Å². The molecule has 1 rings (SSSR count). The summed E-state index contributed by atoms with van der Waals surface area (Å²) in [4.78, 5) is 5.16. The lowest BCUT2D eigenvalue weighted by atomic mass is 10.2. The molecule has 0 radical (unpaired) electrons. The van der Waals surface area contributed by atoms with Crippen LogP contribution >= 0.6 is 0 Å². The molecule has 0 spiro atoms. The SMILES string of the molecule is Cc1nocc1/C=N/OC(C)(C)C. The minimum absolute atomic E-state index is 0.262. The molecule has 4 nitrogen and oxygen atoms in total. The largest absolute Gasteiger partial charge is 0.390 e. The molecule has 72 valence electrons. The highest BCUT2D eigenvalue weighted by molar-refractivity contribution is 5.79. The van der Waals surface area contributed by atoms with Gasteiger partial charge in [-0.25, -0.2) is 0 Å². The maximum absolute atomic E-state index is 5.16. The second-order valence-electron chi connectivity index (χ2n) is 3.79. The predicted molar refractivity (Wildman–Crippen MR) is 49.7 cm³/mol. The molecule has 0 aliphatic carbocycles. The molecule has 13 heavy (non-hydrogen) atoms. The van der Waals surface area contributed by atoms with Crippen LogP contribution in [0.25, 0.3) is 0 Å². The van der Waals surface area contributed by atoms with Gasteiger partial charge in [0.1, 0.15) is 11.9 Å². The first-order valence-corrected chi connectivity index (χ1v) is 4.11. The number of aryl methyl sites for hydroxylation is 1. The summed E-state index contributed by atoms with van der Waals surface area (Å²) in [5.74, 6) is 0. The second kappa shape index (κ2) is 3.60. The highest BCUT2D eigenvalue weighted by atomic mass is 16.6. The normalized spacial score (nSPS) is 12.3. The van der Waals surface area contributed by atoms with Crippen LogP contribution in [0, 0.1) is 6.92 Å². The Morgan fingerprint density at radius 3 is 2.69 bits per heavy atom. The van der Waals surface area contributed by atoms with Gasteiger partial charge in [0, 0.05) is 0 Å². The summed E-state index contributed by atoms with van der Waals surface area (Å²) in [6, 6.07) is 0. The van der Waals surface area contributed by atoms with E-state index < -0.39 is 0 Å². The monoisotopic (exact) mass is 182 g/mol. The Morgan fingerprint density at radius 1 is 1.54 bits per heavy atom. The van der Waals surface area contributed by atoms with E-state index in [0.29, 0.717) is 0 Å². The van der Waals surface area contributed by atoms with E-state index in [0.717, 1.165) is 11.3 Å². The van der Waals surface area contributed by atoms with Gasteiger partial charge in [0.15, 0.2) is 0 Å². The third kappa shape index (κ3) is 3.27. The van der Waals surface area contributed by atoms with Gasteiger partial charge in [-0.05, 0) is 27.7 Å². The molecule has 0 unspecified atom stereocenters. The van der Waals surface area contributed by atoms with Gasteiger partial charge in [0.25, 0.3) is 0 Å². The van der Waals surface area contributed by atoms with Gasteiger partial charge in [0.05, 0.1) is 17.5 Å². The Bertz CT molecular complexity index is 297. The van der Waals surface area contributed by atoms with Crippen LogP contribution in [0.5, 0.6) is 0 Å². The molecule has 4 heteroatoms. The van der Waals surface area contributed by atoms with E-state index in [4.69, 9.17) is 9.36 Å². The zero-order valence-electron chi connectivity index (χ0n) is 8.37. The molecule has 0 atom stereocenters. The Kier molecular flexibility index (Phi) is 2.70. The van der Waals surface area contributed by atoms with Crippen molar-refractivity contribution in [1.82, 2.24) is 5.16 Å². The summed E-state index contributed by atoms with van der Waals surface area (Å²) in [5, 5.41) is 7.53. The summed E-state index contributed by atoms with van der Waals surface area (Å²) in [7, 11) is 0. The van der Waals surface area contributed by atoms with Crippen molar-refractivity contribution in [2.75, 3.05) is 0 Å². The van der Waals surface area contributed by atoms with Crippen LogP contribution < -0.4 is 0 Å². The summed E-state index contributed by atoms with van der Waals surface area (Å²) >= 11 is 0. The van der Waals surface area contributed by atoms with E-state index in [1.165, 1.54) is 6.26 Å². The second-order valence-corrected chi connectivity index (χ2v) is 3.79. The van der Waals surface area contributed by atoms with Crippen molar-refractivity contribution in [2.24, 2.45) is 5.16 Å². The first-order chi connectivity index (χ1) is 5.99. The topological polar surface area (TPSA) is 47.6 Å². The Morgan fingerprint density at radius 2 is 2.23 bits per heavy atom. The van der Waals surface area contributed by atoms with Crippen molar-refractivity contribution < 1.29 is 9.36 Å². The maximum Gasteiger partial charge on any atom is 0.132 e. The molecule has 0 bridgehead atoms. The fourth-order valence-corrected chi connectivity index (χ4v) is 0.665. The fourth-order valence-electron chi connectivity index (χ4n) is 0.665. The zero-order chi connectivity index (χ0) is 9.90. The van der Waals surface area contributed by atoms with E-state index in [1.54, 1.807) is 6.21 Å². The average Bonchev–Trinajstić information content (AvgIpc) is 2.34. The van der Waals surface area contributed by atoms with Crippen LogP contribution in [0.1, 0.15) is 32.0 Å². The summed E-state index contributed by atoms with van der Waals surface area (Å²) < 4.78 is 4.73. The summed E-state index contributed by atoms with van der Waals surface area (Å²) in [5.41, 5.74) is 1.38. The van der Waals surface area contributed by atoms with Gasteiger partial charge < -0.3 is 9.36 Å². The molecule has 0 aromatic carbocycles. The first-order valence-electron chi connectivity index (χ1n) is 4.11. The highest BCUT2D eigenvalue weighted by Crippen LogP contribution is 2.07. The predicted octanol–water partition coefficient (Wildman–Crippen LogP) is 2.13. The molecular weight excluding hydrogens is 168 g/mol. The molecule has 1 heterocycles. The van der Waals surface area contributed by atoms with Crippen LogP contribution in [0.2, 0.25) is 0 Å². The van der Waals surface area contributed by atoms with Gasteiger partial charge in [-0.15, -0.1) is 0 Å².